The molecule has 0 saturated carbocycles. The predicted octanol–water partition coefficient (Wildman–Crippen LogP) is 4.83. The summed E-state index contributed by atoms with van der Waals surface area (Å²) in [7, 11) is -1.59. The van der Waals surface area contributed by atoms with Gasteiger partial charge in [-0.25, -0.2) is 0 Å². The van der Waals surface area contributed by atoms with Crippen LogP contribution in [0.25, 0.3) is 0 Å². The zero-order valence-electron chi connectivity index (χ0n) is 14.4. The van der Waals surface area contributed by atoms with Crippen molar-refractivity contribution < 1.29 is 9.53 Å². The third-order valence-corrected chi connectivity index (χ3v) is 9.22. The summed E-state index contributed by atoms with van der Waals surface area (Å²) >= 11 is 0. The molecule has 0 spiro atoms. The van der Waals surface area contributed by atoms with E-state index in [4.69, 9.17) is 4.43 Å². The van der Waals surface area contributed by atoms with Crippen LogP contribution < -0.4 is 0 Å². The minimum Gasteiger partial charge on any atom is -0.417 e. The van der Waals surface area contributed by atoms with Gasteiger partial charge in [0.2, 0.25) is 0 Å². The summed E-state index contributed by atoms with van der Waals surface area (Å²) in [4.78, 5) is 0. The molecule has 0 bridgehead atoms. The fourth-order valence-corrected chi connectivity index (χ4v) is 2.81. The molecule has 0 aromatic heterocycles. The fraction of sp³-hybridized carbons (Fsp3) is 1.00. The monoisotopic (exact) mass is 288 g/mol. The predicted molar refractivity (Wildman–Crippen MR) is 87.0 cm³/mol. The van der Waals surface area contributed by atoms with Gasteiger partial charge in [-0.05, 0) is 49.7 Å². The van der Waals surface area contributed by atoms with Crippen LogP contribution in [0.3, 0.4) is 0 Å². The first-order chi connectivity index (χ1) is 8.47. The van der Waals surface area contributed by atoms with Gasteiger partial charge in [-0.2, -0.15) is 0 Å². The van der Waals surface area contributed by atoms with Crippen molar-refractivity contribution in [3.8, 4) is 0 Å². The first kappa shape index (κ1) is 19.1. The lowest BCUT2D eigenvalue weighted by Crippen LogP contribution is -2.41. The molecule has 0 aliphatic carbocycles. The van der Waals surface area contributed by atoms with Crippen LogP contribution in [0.1, 0.15) is 60.8 Å². The van der Waals surface area contributed by atoms with E-state index in [0.29, 0.717) is 16.9 Å². The molecule has 0 heterocycles. The molecule has 1 N–H and O–H groups in total. The first-order valence-electron chi connectivity index (χ1n) is 7.79. The van der Waals surface area contributed by atoms with Gasteiger partial charge in [0.25, 0.3) is 0 Å². The molecule has 0 aliphatic heterocycles. The third kappa shape index (κ3) is 7.47. The van der Waals surface area contributed by atoms with Gasteiger partial charge in [0.15, 0.2) is 8.32 Å². The van der Waals surface area contributed by atoms with Gasteiger partial charge in [-0.1, -0.05) is 41.0 Å². The summed E-state index contributed by atoms with van der Waals surface area (Å²) in [5.41, 5.74) is 0. The molecule has 19 heavy (non-hydrogen) atoms. The molecule has 0 rings (SSSR count). The SMILES string of the molecule is C[C@H](CCC[C@H](C)[C@@H](C)O)CO[Si](C)(C)C(C)(C)C. The van der Waals surface area contributed by atoms with Crippen molar-refractivity contribution in [2.45, 2.75) is 85.0 Å². The van der Waals surface area contributed by atoms with Gasteiger partial charge in [0.1, 0.15) is 0 Å². The van der Waals surface area contributed by atoms with Crippen molar-refractivity contribution in [2.24, 2.45) is 11.8 Å². The van der Waals surface area contributed by atoms with E-state index in [1.54, 1.807) is 0 Å². The first-order valence-corrected chi connectivity index (χ1v) is 10.7. The van der Waals surface area contributed by atoms with Gasteiger partial charge >= 0.3 is 0 Å². The Labute approximate surface area is 122 Å². The van der Waals surface area contributed by atoms with E-state index in [1.807, 2.05) is 6.92 Å². The topological polar surface area (TPSA) is 29.5 Å². The molecule has 0 saturated heterocycles. The van der Waals surface area contributed by atoms with Crippen LogP contribution in [0.15, 0.2) is 0 Å². The Morgan fingerprint density at radius 3 is 2.00 bits per heavy atom. The van der Waals surface area contributed by atoms with Crippen molar-refractivity contribution in [1.29, 1.82) is 0 Å². The van der Waals surface area contributed by atoms with Gasteiger partial charge in [-0.3, -0.25) is 0 Å². The van der Waals surface area contributed by atoms with E-state index in [2.05, 4.69) is 47.7 Å². The third-order valence-electron chi connectivity index (χ3n) is 4.71. The average molecular weight is 289 g/mol. The Morgan fingerprint density at radius 2 is 1.58 bits per heavy atom. The number of aliphatic hydroxyl groups excluding tert-OH is 1. The number of hydrogen-bond donors (Lipinski definition) is 1. The van der Waals surface area contributed by atoms with Crippen molar-refractivity contribution in [3.63, 3.8) is 0 Å². The van der Waals surface area contributed by atoms with Crippen LogP contribution in [0.2, 0.25) is 18.1 Å². The summed E-state index contributed by atoms with van der Waals surface area (Å²) in [5.74, 6) is 1.03. The molecular weight excluding hydrogens is 252 g/mol. The lowest BCUT2D eigenvalue weighted by Gasteiger charge is -2.37. The molecule has 116 valence electrons. The molecule has 3 heteroatoms. The highest BCUT2D eigenvalue weighted by atomic mass is 28.4. The average Bonchev–Trinajstić information content (AvgIpc) is 2.24. The van der Waals surface area contributed by atoms with Crippen LogP contribution in [-0.2, 0) is 4.43 Å². The maximum atomic E-state index is 9.47. The van der Waals surface area contributed by atoms with Crippen LogP contribution in [0, 0.1) is 11.8 Å². The summed E-state index contributed by atoms with van der Waals surface area (Å²) in [6, 6.07) is 0. The molecule has 0 radical (unpaired) electrons. The fourth-order valence-electron chi connectivity index (χ4n) is 1.68. The lowest BCUT2D eigenvalue weighted by molar-refractivity contribution is 0.126. The summed E-state index contributed by atoms with van der Waals surface area (Å²) < 4.78 is 6.25. The molecule has 0 unspecified atom stereocenters. The van der Waals surface area contributed by atoms with Gasteiger partial charge in [0.05, 0.1) is 6.10 Å². The van der Waals surface area contributed by atoms with E-state index in [0.717, 1.165) is 13.0 Å². The molecule has 0 aromatic carbocycles. The highest BCUT2D eigenvalue weighted by Crippen LogP contribution is 2.36. The normalized spacial score (nSPS) is 18.2. The zero-order chi connectivity index (χ0) is 15.3. The summed E-state index contributed by atoms with van der Waals surface area (Å²) in [6.07, 6.45) is 3.32. The number of rotatable bonds is 8. The number of aliphatic hydroxyl groups is 1. The largest absolute Gasteiger partial charge is 0.417 e. The Balaban J connectivity index is 3.91. The lowest BCUT2D eigenvalue weighted by atomic mass is 9.96. The second kappa shape index (κ2) is 7.80. The Morgan fingerprint density at radius 1 is 1.05 bits per heavy atom. The maximum absolute atomic E-state index is 9.47. The summed E-state index contributed by atoms with van der Waals surface area (Å²) in [5, 5.41) is 9.77. The van der Waals surface area contributed by atoms with E-state index < -0.39 is 8.32 Å². The molecule has 0 amide bonds. The van der Waals surface area contributed by atoms with E-state index in [1.165, 1.54) is 12.8 Å². The van der Waals surface area contributed by atoms with E-state index >= 15 is 0 Å². The van der Waals surface area contributed by atoms with Gasteiger partial charge in [0, 0.05) is 6.61 Å². The van der Waals surface area contributed by atoms with E-state index in [-0.39, 0.29) is 6.10 Å². The Kier molecular flexibility index (Phi) is 7.85. The van der Waals surface area contributed by atoms with Crippen LogP contribution in [-0.4, -0.2) is 26.1 Å². The molecule has 2 nitrogen and oxygen atoms in total. The molecule has 0 fully saturated rings. The standard InChI is InChI=1S/C16H36O2Si/c1-13(10-9-11-14(2)15(3)17)12-18-19(7,8)16(4,5)6/h13-15,17H,9-12H2,1-8H3/t13-,14+,15-/m1/s1. The van der Waals surface area contributed by atoms with Crippen molar-refractivity contribution in [2.75, 3.05) is 6.61 Å². The van der Waals surface area contributed by atoms with E-state index in [9.17, 15) is 5.11 Å². The summed E-state index contributed by atoms with van der Waals surface area (Å²) in [6.45, 7) is 18.7. The van der Waals surface area contributed by atoms with Gasteiger partial charge in [-0.15, -0.1) is 0 Å². The maximum Gasteiger partial charge on any atom is 0.191 e. The minimum absolute atomic E-state index is 0.182. The highest BCUT2D eigenvalue weighted by Gasteiger charge is 2.37. The second-order valence-corrected chi connectivity index (χ2v) is 12.6. The Bertz CT molecular complexity index is 244. The molecular formula is C16H36O2Si. The van der Waals surface area contributed by atoms with Crippen LogP contribution >= 0.6 is 0 Å². The van der Waals surface area contributed by atoms with Crippen LogP contribution in [0.5, 0.6) is 0 Å². The molecule has 0 aliphatic rings. The van der Waals surface area contributed by atoms with Gasteiger partial charge < -0.3 is 9.53 Å². The number of hydrogen-bond acceptors (Lipinski definition) is 2. The molecule has 0 aromatic rings. The highest BCUT2D eigenvalue weighted by molar-refractivity contribution is 6.74. The molecule has 3 atom stereocenters. The zero-order valence-corrected chi connectivity index (χ0v) is 15.4. The Hall–Kier alpha value is 0.137. The second-order valence-electron chi connectivity index (χ2n) is 7.83. The minimum atomic E-state index is -1.59. The smallest absolute Gasteiger partial charge is 0.191 e. The quantitative estimate of drug-likeness (QED) is 0.648. The van der Waals surface area contributed by atoms with Crippen molar-refractivity contribution in [3.05, 3.63) is 0 Å². The van der Waals surface area contributed by atoms with Crippen molar-refractivity contribution >= 4 is 8.32 Å². The van der Waals surface area contributed by atoms with Crippen LogP contribution in [0.4, 0.5) is 0 Å². The van der Waals surface area contributed by atoms with Crippen molar-refractivity contribution in [1.82, 2.24) is 0 Å².